The standard InChI is InChI=1S/C28H34ClN3O5/c1-2-35-15-16-37-14-11-32-24-8-5-21(19-31-9-12-36-13-10-31)17-23(24)27(33)26(28(30)34)25(32)18-20-3-6-22(29)7-4-20/h3-8,17H,2,9-16,18-19H2,1H3,(H2,30,34). The summed E-state index contributed by atoms with van der Waals surface area (Å²) in [5.74, 6) is -0.736. The molecule has 1 fully saturated rings. The van der Waals surface area contributed by atoms with Gasteiger partial charge in [0.15, 0.2) is 0 Å². The first kappa shape index (κ1) is 27.3. The van der Waals surface area contributed by atoms with Crippen molar-refractivity contribution in [2.24, 2.45) is 5.73 Å². The molecule has 37 heavy (non-hydrogen) atoms. The quantitative estimate of drug-likeness (QED) is 0.363. The van der Waals surface area contributed by atoms with Crippen molar-refractivity contribution < 1.29 is 19.0 Å². The van der Waals surface area contributed by atoms with E-state index in [1.807, 2.05) is 41.8 Å². The minimum atomic E-state index is -0.736. The summed E-state index contributed by atoms with van der Waals surface area (Å²) in [4.78, 5) is 28.6. The number of morpholine rings is 1. The fraction of sp³-hybridized carbons (Fsp3) is 0.429. The van der Waals surface area contributed by atoms with Gasteiger partial charge >= 0.3 is 0 Å². The van der Waals surface area contributed by atoms with Crippen molar-refractivity contribution in [2.45, 2.75) is 26.4 Å². The number of rotatable bonds is 12. The van der Waals surface area contributed by atoms with Gasteiger partial charge in [0.25, 0.3) is 5.91 Å². The van der Waals surface area contributed by atoms with Crippen molar-refractivity contribution >= 4 is 28.4 Å². The predicted octanol–water partition coefficient (Wildman–Crippen LogP) is 3.23. The van der Waals surface area contributed by atoms with Gasteiger partial charge in [0, 0.05) is 55.3 Å². The minimum absolute atomic E-state index is 0.0142. The highest BCUT2D eigenvalue weighted by molar-refractivity contribution is 6.30. The number of halogens is 1. The first-order chi connectivity index (χ1) is 18.0. The number of benzene rings is 2. The molecular formula is C28H34ClN3O5. The number of hydrogen-bond donors (Lipinski definition) is 1. The molecular weight excluding hydrogens is 494 g/mol. The molecule has 2 aromatic carbocycles. The third kappa shape index (κ3) is 6.97. The van der Waals surface area contributed by atoms with Crippen molar-refractivity contribution in [1.82, 2.24) is 9.47 Å². The van der Waals surface area contributed by atoms with Crippen LogP contribution in [0.5, 0.6) is 0 Å². The smallest absolute Gasteiger partial charge is 0.254 e. The lowest BCUT2D eigenvalue weighted by atomic mass is 9.99. The second-order valence-corrected chi connectivity index (χ2v) is 9.46. The van der Waals surface area contributed by atoms with Gasteiger partial charge in [-0.05, 0) is 42.3 Å². The van der Waals surface area contributed by atoms with Crippen LogP contribution in [0.15, 0.2) is 47.3 Å². The molecule has 3 aromatic rings. The highest BCUT2D eigenvalue weighted by atomic mass is 35.5. The van der Waals surface area contributed by atoms with Gasteiger partial charge in [-0.3, -0.25) is 14.5 Å². The van der Waals surface area contributed by atoms with Crippen LogP contribution in [0.4, 0.5) is 0 Å². The van der Waals surface area contributed by atoms with Crippen LogP contribution in [0.25, 0.3) is 10.9 Å². The van der Waals surface area contributed by atoms with E-state index in [2.05, 4.69) is 4.90 Å². The Morgan fingerprint density at radius 2 is 1.73 bits per heavy atom. The summed E-state index contributed by atoms with van der Waals surface area (Å²) in [6, 6.07) is 13.2. The van der Waals surface area contributed by atoms with Crippen LogP contribution >= 0.6 is 11.6 Å². The van der Waals surface area contributed by atoms with Gasteiger partial charge in [-0.2, -0.15) is 0 Å². The van der Waals surface area contributed by atoms with Gasteiger partial charge in [0.05, 0.1) is 38.6 Å². The number of aromatic nitrogens is 1. The maximum atomic E-state index is 13.7. The number of nitrogens with zero attached hydrogens (tertiary/aromatic N) is 2. The molecule has 8 nitrogen and oxygen atoms in total. The number of ether oxygens (including phenoxy) is 3. The summed E-state index contributed by atoms with van der Waals surface area (Å²) < 4.78 is 18.6. The summed E-state index contributed by atoms with van der Waals surface area (Å²) in [6.45, 7) is 8.18. The van der Waals surface area contributed by atoms with Crippen molar-refractivity contribution in [3.63, 3.8) is 0 Å². The highest BCUT2D eigenvalue weighted by Gasteiger charge is 2.22. The van der Waals surface area contributed by atoms with Crippen LogP contribution in [0.1, 0.15) is 34.1 Å². The fourth-order valence-electron chi connectivity index (χ4n) is 4.67. The van der Waals surface area contributed by atoms with Crippen molar-refractivity contribution in [3.05, 3.63) is 80.1 Å². The Hall–Kier alpha value is -2.75. The van der Waals surface area contributed by atoms with E-state index in [1.165, 1.54) is 0 Å². The van der Waals surface area contributed by atoms with Crippen LogP contribution in [0.2, 0.25) is 5.02 Å². The first-order valence-electron chi connectivity index (χ1n) is 12.7. The van der Waals surface area contributed by atoms with Crippen LogP contribution in [-0.4, -0.2) is 68.1 Å². The number of pyridine rings is 1. The van der Waals surface area contributed by atoms with Gasteiger partial charge < -0.3 is 24.5 Å². The van der Waals surface area contributed by atoms with E-state index in [0.717, 1.165) is 29.7 Å². The van der Waals surface area contributed by atoms with Gasteiger partial charge in [-0.1, -0.05) is 29.8 Å². The van der Waals surface area contributed by atoms with Crippen LogP contribution in [0.3, 0.4) is 0 Å². The Balaban J connectivity index is 1.75. The van der Waals surface area contributed by atoms with Gasteiger partial charge in [0.1, 0.15) is 5.56 Å². The molecule has 0 atom stereocenters. The van der Waals surface area contributed by atoms with Crippen molar-refractivity contribution in [2.75, 3.05) is 52.7 Å². The topological polar surface area (TPSA) is 96.0 Å². The zero-order chi connectivity index (χ0) is 26.2. The van der Waals surface area contributed by atoms with Crippen LogP contribution in [-0.2, 0) is 33.7 Å². The number of nitrogens with two attached hydrogens (primary N) is 1. The lowest BCUT2D eigenvalue weighted by Crippen LogP contribution is -2.35. The highest BCUT2D eigenvalue weighted by Crippen LogP contribution is 2.23. The van der Waals surface area contributed by atoms with E-state index in [1.54, 1.807) is 12.1 Å². The number of amides is 1. The average Bonchev–Trinajstić information content (AvgIpc) is 2.89. The van der Waals surface area contributed by atoms with Crippen molar-refractivity contribution in [1.29, 1.82) is 0 Å². The van der Waals surface area contributed by atoms with E-state index in [-0.39, 0.29) is 11.0 Å². The van der Waals surface area contributed by atoms with Crippen LogP contribution in [0, 0.1) is 0 Å². The molecule has 0 bridgehead atoms. The number of hydrogen-bond acceptors (Lipinski definition) is 6. The van der Waals surface area contributed by atoms with Gasteiger partial charge in [0.2, 0.25) is 5.43 Å². The maximum Gasteiger partial charge on any atom is 0.254 e. The zero-order valence-corrected chi connectivity index (χ0v) is 22.0. The molecule has 0 unspecified atom stereocenters. The molecule has 1 aliphatic rings. The Morgan fingerprint density at radius 3 is 2.43 bits per heavy atom. The maximum absolute atomic E-state index is 13.7. The third-order valence-corrected chi connectivity index (χ3v) is 6.77. The lowest BCUT2D eigenvalue weighted by Gasteiger charge is -2.27. The summed E-state index contributed by atoms with van der Waals surface area (Å²) >= 11 is 6.07. The number of carbonyl (C=O) groups excluding carboxylic acids is 1. The lowest BCUT2D eigenvalue weighted by molar-refractivity contribution is 0.0342. The summed E-state index contributed by atoms with van der Waals surface area (Å²) in [5.41, 5.74) is 8.72. The summed E-state index contributed by atoms with van der Waals surface area (Å²) in [5, 5.41) is 1.10. The number of fused-ring (bicyclic) bond motifs is 1. The molecule has 1 amide bonds. The molecule has 1 saturated heterocycles. The average molecular weight is 528 g/mol. The van der Waals surface area contributed by atoms with E-state index in [4.69, 9.17) is 31.5 Å². The monoisotopic (exact) mass is 527 g/mol. The molecule has 0 spiro atoms. The van der Waals surface area contributed by atoms with Crippen LogP contribution < -0.4 is 11.2 Å². The molecule has 9 heteroatoms. The molecule has 2 N–H and O–H groups in total. The van der Waals surface area contributed by atoms with Crippen molar-refractivity contribution in [3.8, 4) is 0 Å². The zero-order valence-electron chi connectivity index (χ0n) is 21.2. The third-order valence-electron chi connectivity index (χ3n) is 6.51. The molecule has 2 heterocycles. The van der Waals surface area contributed by atoms with Gasteiger partial charge in [-0.25, -0.2) is 0 Å². The van der Waals surface area contributed by atoms with E-state index >= 15 is 0 Å². The van der Waals surface area contributed by atoms with E-state index in [0.29, 0.717) is 75.3 Å². The largest absolute Gasteiger partial charge is 0.379 e. The Morgan fingerprint density at radius 1 is 1.03 bits per heavy atom. The normalized spacial score (nSPS) is 14.3. The second kappa shape index (κ2) is 13.2. The van der Waals surface area contributed by atoms with E-state index < -0.39 is 5.91 Å². The SMILES string of the molecule is CCOCCOCCn1c(Cc2ccc(Cl)cc2)c(C(N)=O)c(=O)c2cc(CN3CCOCC3)ccc21. The first-order valence-corrected chi connectivity index (χ1v) is 13.0. The molecule has 1 aromatic heterocycles. The fourth-order valence-corrected chi connectivity index (χ4v) is 4.80. The predicted molar refractivity (Wildman–Crippen MR) is 144 cm³/mol. The second-order valence-electron chi connectivity index (χ2n) is 9.02. The molecule has 0 saturated carbocycles. The Bertz CT molecular complexity index is 1270. The molecule has 198 valence electrons. The molecule has 0 aliphatic carbocycles. The van der Waals surface area contributed by atoms with E-state index in [9.17, 15) is 9.59 Å². The Labute approximate surface area is 221 Å². The summed E-state index contributed by atoms with van der Waals surface area (Å²) in [6.07, 6.45) is 0.356. The Kier molecular flexibility index (Phi) is 9.71. The molecule has 0 radical (unpaired) electrons. The number of primary amides is 1. The van der Waals surface area contributed by atoms with Gasteiger partial charge in [-0.15, -0.1) is 0 Å². The summed E-state index contributed by atoms with van der Waals surface area (Å²) in [7, 11) is 0. The minimum Gasteiger partial charge on any atom is -0.379 e. The molecule has 1 aliphatic heterocycles. The molecule has 4 rings (SSSR count). The number of carbonyl (C=O) groups is 1.